The number of aryl methyl sites for hydroxylation is 1. The number of aromatic nitrogens is 2. The zero-order valence-electron chi connectivity index (χ0n) is 11.8. The molecule has 2 heterocycles. The van der Waals surface area contributed by atoms with Gasteiger partial charge in [-0.15, -0.1) is 0 Å². The number of aromatic amines is 1. The van der Waals surface area contributed by atoms with E-state index in [1.807, 2.05) is 6.92 Å². The molecule has 8 heteroatoms. The molecule has 1 aliphatic heterocycles. The van der Waals surface area contributed by atoms with Crippen molar-refractivity contribution in [3.63, 3.8) is 0 Å². The number of rotatable bonds is 3. The summed E-state index contributed by atoms with van der Waals surface area (Å²) < 4.78 is 24.5. The van der Waals surface area contributed by atoms with Gasteiger partial charge in [0, 0.05) is 31.9 Å². The Morgan fingerprint density at radius 2 is 2.10 bits per heavy atom. The first-order valence-electron chi connectivity index (χ1n) is 6.70. The highest BCUT2D eigenvalue weighted by molar-refractivity contribution is 7.88. The molecule has 112 valence electrons. The summed E-state index contributed by atoms with van der Waals surface area (Å²) in [5.41, 5.74) is 1.32. The lowest BCUT2D eigenvalue weighted by atomic mass is 10.2. The van der Waals surface area contributed by atoms with Gasteiger partial charge in [-0.25, -0.2) is 12.7 Å². The molecule has 0 spiro atoms. The molecule has 0 saturated carbocycles. The smallest absolute Gasteiger partial charge is 0.274 e. The maximum Gasteiger partial charge on any atom is 0.274 e. The summed E-state index contributed by atoms with van der Waals surface area (Å²) in [5.74, 6) is -0.142. The molecule has 0 aromatic carbocycles. The maximum absolute atomic E-state index is 12.3. The third kappa shape index (κ3) is 3.37. The summed E-state index contributed by atoms with van der Waals surface area (Å²) in [6, 6.07) is 1.75. The highest BCUT2D eigenvalue weighted by Gasteiger charge is 2.25. The Balaban J connectivity index is 2.05. The molecular weight excluding hydrogens is 280 g/mol. The van der Waals surface area contributed by atoms with Gasteiger partial charge in [-0.1, -0.05) is 6.92 Å². The van der Waals surface area contributed by atoms with Crippen LogP contribution in [0, 0.1) is 0 Å². The van der Waals surface area contributed by atoms with Gasteiger partial charge in [-0.3, -0.25) is 9.89 Å². The average Bonchev–Trinajstić information content (AvgIpc) is 2.72. The molecule has 7 nitrogen and oxygen atoms in total. The first-order chi connectivity index (χ1) is 9.41. The second kappa shape index (κ2) is 5.92. The fourth-order valence-electron chi connectivity index (χ4n) is 2.24. The number of nitrogens with zero attached hydrogens (tertiary/aromatic N) is 3. The molecule has 1 N–H and O–H groups in total. The molecule has 0 atom stereocenters. The van der Waals surface area contributed by atoms with Crippen molar-refractivity contribution in [3.05, 3.63) is 17.5 Å². The van der Waals surface area contributed by atoms with Crippen molar-refractivity contribution in [3.8, 4) is 0 Å². The van der Waals surface area contributed by atoms with E-state index in [4.69, 9.17) is 0 Å². The summed E-state index contributed by atoms with van der Waals surface area (Å²) in [5, 5.41) is 6.83. The Bertz CT molecular complexity index is 581. The molecule has 0 unspecified atom stereocenters. The van der Waals surface area contributed by atoms with E-state index in [0.717, 1.165) is 12.1 Å². The topological polar surface area (TPSA) is 86.4 Å². The van der Waals surface area contributed by atoms with Gasteiger partial charge in [0.25, 0.3) is 5.91 Å². The van der Waals surface area contributed by atoms with Gasteiger partial charge < -0.3 is 4.90 Å². The second-order valence-electron chi connectivity index (χ2n) is 4.94. The van der Waals surface area contributed by atoms with Crippen molar-refractivity contribution in [1.82, 2.24) is 19.4 Å². The van der Waals surface area contributed by atoms with E-state index in [1.54, 1.807) is 11.0 Å². The van der Waals surface area contributed by atoms with Gasteiger partial charge in [0.2, 0.25) is 10.0 Å². The first-order valence-corrected chi connectivity index (χ1v) is 8.55. The predicted molar refractivity (Wildman–Crippen MR) is 74.9 cm³/mol. The first kappa shape index (κ1) is 15.0. The lowest BCUT2D eigenvalue weighted by Crippen LogP contribution is -2.37. The number of hydrogen-bond acceptors (Lipinski definition) is 4. The molecule has 1 aromatic rings. The van der Waals surface area contributed by atoms with Crippen molar-refractivity contribution >= 4 is 15.9 Å². The van der Waals surface area contributed by atoms with E-state index in [9.17, 15) is 13.2 Å². The third-order valence-corrected chi connectivity index (χ3v) is 4.75. The van der Waals surface area contributed by atoms with Gasteiger partial charge in [-0.05, 0) is 18.9 Å². The van der Waals surface area contributed by atoms with Crippen LogP contribution < -0.4 is 0 Å². The maximum atomic E-state index is 12.3. The van der Waals surface area contributed by atoms with Crippen molar-refractivity contribution in [2.45, 2.75) is 19.8 Å². The van der Waals surface area contributed by atoms with Crippen LogP contribution in [-0.4, -0.2) is 66.2 Å². The lowest BCUT2D eigenvalue weighted by Gasteiger charge is -2.20. The van der Waals surface area contributed by atoms with E-state index in [1.165, 1.54) is 10.6 Å². The third-order valence-electron chi connectivity index (χ3n) is 3.44. The number of nitrogens with one attached hydrogen (secondary N) is 1. The van der Waals surface area contributed by atoms with E-state index in [0.29, 0.717) is 38.3 Å². The summed E-state index contributed by atoms with van der Waals surface area (Å²) >= 11 is 0. The second-order valence-corrected chi connectivity index (χ2v) is 6.92. The molecule has 1 fully saturated rings. The number of H-pyrrole nitrogens is 1. The van der Waals surface area contributed by atoms with Crippen LogP contribution in [0.15, 0.2) is 6.07 Å². The Morgan fingerprint density at radius 1 is 1.35 bits per heavy atom. The fourth-order valence-corrected chi connectivity index (χ4v) is 3.12. The molecule has 0 aliphatic carbocycles. The molecule has 1 amide bonds. The standard InChI is InChI=1S/C12H20N4O3S/c1-3-10-9-11(14-13-10)12(17)15-5-4-6-16(8-7-15)20(2,18)19/h9H,3-8H2,1-2H3,(H,13,14). The normalized spacial score (nSPS) is 18.0. The zero-order valence-corrected chi connectivity index (χ0v) is 12.6. The van der Waals surface area contributed by atoms with Crippen molar-refractivity contribution in [1.29, 1.82) is 0 Å². The lowest BCUT2D eigenvalue weighted by molar-refractivity contribution is 0.0758. The minimum atomic E-state index is -3.19. The minimum Gasteiger partial charge on any atom is -0.336 e. The molecular formula is C12H20N4O3S. The number of carbonyl (C=O) groups excluding carboxylic acids is 1. The molecule has 0 radical (unpaired) electrons. The molecule has 1 aromatic heterocycles. The zero-order chi connectivity index (χ0) is 14.8. The summed E-state index contributed by atoms with van der Waals surface area (Å²) in [6.45, 7) is 3.75. The van der Waals surface area contributed by atoms with Crippen LogP contribution in [0.3, 0.4) is 0 Å². The highest BCUT2D eigenvalue weighted by Crippen LogP contribution is 2.11. The van der Waals surface area contributed by atoms with E-state index in [2.05, 4.69) is 10.2 Å². The van der Waals surface area contributed by atoms with Gasteiger partial charge in [0.15, 0.2) is 0 Å². The van der Waals surface area contributed by atoms with Crippen molar-refractivity contribution in [2.24, 2.45) is 0 Å². The SMILES string of the molecule is CCc1cc(C(=O)N2CCCN(S(C)(=O)=O)CC2)n[nH]1. The van der Waals surface area contributed by atoms with E-state index in [-0.39, 0.29) is 5.91 Å². The Kier molecular flexibility index (Phi) is 4.44. The van der Waals surface area contributed by atoms with Crippen LogP contribution >= 0.6 is 0 Å². The summed E-state index contributed by atoms with van der Waals surface area (Å²) in [7, 11) is -3.19. The Morgan fingerprint density at radius 3 is 2.70 bits per heavy atom. The van der Waals surface area contributed by atoms with Gasteiger partial charge >= 0.3 is 0 Å². The number of hydrogen-bond donors (Lipinski definition) is 1. The van der Waals surface area contributed by atoms with E-state index >= 15 is 0 Å². The summed E-state index contributed by atoms with van der Waals surface area (Å²) in [6.07, 6.45) is 2.64. The largest absolute Gasteiger partial charge is 0.336 e. The van der Waals surface area contributed by atoms with Crippen LogP contribution in [0.2, 0.25) is 0 Å². The van der Waals surface area contributed by atoms with Crippen LogP contribution in [0.5, 0.6) is 0 Å². The van der Waals surface area contributed by atoms with Crippen molar-refractivity contribution < 1.29 is 13.2 Å². The molecule has 1 aliphatic rings. The highest BCUT2D eigenvalue weighted by atomic mass is 32.2. The Labute approximate surface area is 119 Å². The van der Waals surface area contributed by atoms with Crippen LogP contribution in [0.4, 0.5) is 0 Å². The van der Waals surface area contributed by atoms with Gasteiger partial charge in [-0.2, -0.15) is 5.10 Å². The van der Waals surface area contributed by atoms with Gasteiger partial charge in [0.05, 0.1) is 6.26 Å². The Hall–Kier alpha value is -1.41. The minimum absolute atomic E-state index is 0.142. The predicted octanol–water partition coefficient (Wildman–Crippen LogP) is 0.0796. The monoisotopic (exact) mass is 300 g/mol. The number of sulfonamides is 1. The molecule has 1 saturated heterocycles. The summed E-state index contributed by atoms with van der Waals surface area (Å²) in [4.78, 5) is 14.0. The van der Waals surface area contributed by atoms with Crippen molar-refractivity contribution in [2.75, 3.05) is 32.4 Å². The number of carbonyl (C=O) groups is 1. The van der Waals surface area contributed by atoms with Gasteiger partial charge in [0.1, 0.15) is 5.69 Å². The quantitative estimate of drug-likeness (QED) is 0.856. The van der Waals surface area contributed by atoms with Crippen LogP contribution in [-0.2, 0) is 16.4 Å². The average molecular weight is 300 g/mol. The number of amides is 1. The van der Waals surface area contributed by atoms with E-state index < -0.39 is 10.0 Å². The fraction of sp³-hybridized carbons (Fsp3) is 0.667. The molecule has 20 heavy (non-hydrogen) atoms. The van der Waals surface area contributed by atoms with Crippen LogP contribution in [0.1, 0.15) is 29.5 Å². The molecule has 0 bridgehead atoms. The molecule has 2 rings (SSSR count). The van der Waals surface area contributed by atoms with Crippen LogP contribution in [0.25, 0.3) is 0 Å².